The van der Waals surface area contributed by atoms with Gasteiger partial charge in [-0.15, -0.1) is 0 Å². The van der Waals surface area contributed by atoms with Gasteiger partial charge in [-0.05, 0) is 24.6 Å². The first-order valence-corrected chi connectivity index (χ1v) is 6.36. The van der Waals surface area contributed by atoms with E-state index in [1.807, 2.05) is 31.2 Å². The number of hydrogen-bond acceptors (Lipinski definition) is 4. The summed E-state index contributed by atoms with van der Waals surface area (Å²) in [7, 11) is 0. The van der Waals surface area contributed by atoms with Crippen LogP contribution in [0.25, 0.3) is 0 Å². The molecule has 0 spiro atoms. The molecule has 4 nitrogen and oxygen atoms in total. The molecule has 1 N–H and O–H groups in total. The Hall–Kier alpha value is -1.46. The zero-order valence-corrected chi connectivity index (χ0v) is 11.9. The zero-order valence-electron chi connectivity index (χ0n) is 9.56. The van der Waals surface area contributed by atoms with Crippen molar-refractivity contribution in [1.82, 2.24) is 9.97 Å². The Morgan fingerprint density at radius 1 is 1.22 bits per heavy atom. The minimum Gasteiger partial charge on any atom is -0.259 e. The topological polar surface area (TPSA) is 50.2 Å². The van der Waals surface area contributed by atoms with Crippen molar-refractivity contribution >= 4 is 39.1 Å². The predicted octanol–water partition coefficient (Wildman–Crippen LogP) is 3.73. The molecule has 0 aliphatic heterocycles. The number of hydrogen-bond donors (Lipinski definition) is 1. The van der Waals surface area contributed by atoms with Crippen molar-refractivity contribution in [3.63, 3.8) is 0 Å². The molecule has 0 aliphatic rings. The van der Waals surface area contributed by atoms with Gasteiger partial charge in [0.05, 0.1) is 5.71 Å². The lowest BCUT2D eigenvalue weighted by Gasteiger charge is -2.03. The van der Waals surface area contributed by atoms with E-state index >= 15 is 0 Å². The first-order valence-electron chi connectivity index (χ1n) is 5.19. The molecule has 0 fully saturated rings. The van der Waals surface area contributed by atoms with Gasteiger partial charge in [0, 0.05) is 16.9 Å². The molecule has 0 saturated carbocycles. The molecule has 92 valence electrons. The number of aromatic nitrogens is 2. The van der Waals surface area contributed by atoms with E-state index < -0.39 is 0 Å². The Morgan fingerprint density at radius 3 is 2.56 bits per heavy atom. The van der Waals surface area contributed by atoms with Crippen LogP contribution in [0.3, 0.4) is 0 Å². The van der Waals surface area contributed by atoms with Gasteiger partial charge in [-0.2, -0.15) is 5.10 Å². The van der Waals surface area contributed by atoms with Gasteiger partial charge in [-0.25, -0.2) is 9.97 Å². The number of anilines is 1. The summed E-state index contributed by atoms with van der Waals surface area (Å²) in [5, 5.41) is 4.52. The maximum atomic E-state index is 5.86. The highest BCUT2D eigenvalue weighted by atomic mass is 79.9. The Balaban J connectivity index is 2.14. The van der Waals surface area contributed by atoms with E-state index in [0.29, 0.717) is 11.0 Å². The molecule has 0 bridgehead atoms. The average molecular weight is 326 g/mol. The first kappa shape index (κ1) is 13.0. The maximum Gasteiger partial charge on any atom is 0.184 e. The number of rotatable bonds is 3. The monoisotopic (exact) mass is 324 g/mol. The van der Waals surface area contributed by atoms with E-state index in [4.69, 9.17) is 11.6 Å². The fourth-order valence-corrected chi connectivity index (χ4v) is 1.70. The second-order valence-electron chi connectivity index (χ2n) is 3.51. The Labute approximate surface area is 118 Å². The smallest absolute Gasteiger partial charge is 0.184 e. The van der Waals surface area contributed by atoms with Gasteiger partial charge >= 0.3 is 0 Å². The molecule has 0 aliphatic carbocycles. The number of nitrogens with one attached hydrogen (secondary N) is 1. The molecule has 0 atom stereocenters. The third kappa shape index (κ3) is 3.27. The third-order valence-corrected chi connectivity index (χ3v) is 3.05. The number of halogens is 2. The van der Waals surface area contributed by atoms with E-state index in [2.05, 4.69) is 36.4 Å². The molecule has 0 radical (unpaired) electrons. The lowest BCUT2D eigenvalue weighted by atomic mass is 10.1. The Morgan fingerprint density at radius 2 is 1.89 bits per heavy atom. The van der Waals surface area contributed by atoms with Gasteiger partial charge < -0.3 is 0 Å². The fourth-order valence-electron chi connectivity index (χ4n) is 1.29. The summed E-state index contributed by atoms with van der Waals surface area (Å²) >= 11 is 9.25. The highest BCUT2D eigenvalue weighted by molar-refractivity contribution is 9.10. The summed E-state index contributed by atoms with van der Waals surface area (Å²) < 4.78 is 1.03. The minimum atomic E-state index is 0.296. The van der Waals surface area contributed by atoms with Crippen LogP contribution >= 0.6 is 27.5 Å². The number of hydrazone groups is 1. The zero-order chi connectivity index (χ0) is 13.0. The summed E-state index contributed by atoms with van der Waals surface area (Å²) in [6.07, 6.45) is 3.08. The summed E-state index contributed by atoms with van der Waals surface area (Å²) in [4.78, 5) is 7.94. The van der Waals surface area contributed by atoms with Crippen LogP contribution in [0.4, 0.5) is 5.82 Å². The summed E-state index contributed by atoms with van der Waals surface area (Å²) in [6, 6.07) is 7.87. The molecule has 1 heterocycles. The van der Waals surface area contributed by atoms with E-state index in [1.165, 1.54) is 6.20 Å². The highest BCUT2D eigenvalue weighted by Gasteiger charge is 2.01. The lowest BCUT2D eigenvalue weighted by Crippen LogP contribution is -2.01. The number of nitrogens with zero attached hydrogens (tertiary/aromatic N) is 3. The molecule has 18 heavy (non-hydrogen) atoms. The van der Waals surface area contributed by atoms with E-state index in [0.717, 1.165) is 15.7 Å². The van der Waals surface area contributed by atoms with Crippen LogP contribution in [0.5, 0.6) is 0 Å². The van der Waals surface area contributed by atoms with Crippen molar-refractivity contribution in [2.45, 2.75) is 6.92 Å². The van der Waals surface area contributed by atoms with Crippen LogP contribution < -0.4 is 5.43 Å². The Kier molecular flexibility index (Phi) is 4.28. The van der Waals surface area contributed by atoms with Crippen LogP contribution in [0.15, 0.2) is 46.2 Å². The average Bonchev–Trinajstić information content (AvgIpc) is 2.38. The molecule has 0 amide bonds. The molecular formula is C12H10BrClN4. The molecule has 0 unspecified atom stereocenters. The summed E-state index contributed by atoms with van der Waals surface area (Å²) in [5.41, 5.74) is 4.65. The molecule has 6 heteroatoms. The van der Waals surface area contributed by atoms with E-state index in [1.54, 1.807) is 6.20 Å². The van der Waals surface area contributed by atoms with Crippen molar-refractivity contribution in [2.75, 3.05) is 5.43 Å². The lowest BCUT2D eigenvalue weighted by molar-refractivity contribution is 1.15. The van der Waals surface area contributed by atoms with E-state index in [-0.39, 0.29) is 0 Å². The van der Waals surface area contributed by atoms with Gasteiger partial charge in [0.15, 0.2) is 11.0 Å². The fraction of sp³-hybridized carbons (Fsp3) is 0.0833. The summed E-state index contributed by atoms with van der Waals surface area (Å²) in [6.45, 7) is 1.90. The molecule has 2 rings (SSSR count). The first-order chi connectivity index (χ1) is 8.66. The molecule has 2 aromatic rings. The van der Waals surface area contributed by atoms with Crippen LogP contribution in [0, 0.1) is 0 Å². The van der Waals surface area contributed by atoms with Crippen molar-refractivity contribution in [1.29, 1.82) is 0 Å². The summed E-state index contributed by atoms with van der Waals surface area (Å²) in [5.74, 6) is 0.440. The second kappa shape index (κ2) is 5.93. The SMILES string of the molecule is C/C(=N\Nc1nccnc1Cl)c1ccc(Br)cc1. The van der Waals surface area contributed by atoms with Crippen LogP contribution in [-0.4, -0.2) is 15.7 Å². The standard InChI is InChI=1S/C12H10BrClN4/c1-8(9-2-4-10(13)5-3-9)17-18-12-11(14)15-6-7-16-12/h2-7H,1H3,(H,16,18)/b17-8+. The van der Waals surface area contributed by atoms with Gasteiger partial charge in [0.1, 0.15) is 0 Å². The van der Waals surface area contributed by atoms with Gasteiger partial charge in [0.25, 0.3) is 0 Å². The van der Waals surface area contributed by atoms with Crippen LogP contribution in [0.2, 0.25) is 5.15 Å². The second-order valence-corrected chi connectivity index (χ2v) is 4.79. The van der Waals surface area contributed by atoms with Crippen molar-refractivity contribution < 1.29 is 0 Å². The third-order valence-electron chi connectivity index (χ3n) is 2.25. The van der Waals surface area contributed by atoms with Crippen molar-refractivity contribution in [3.05, 3.63) is 51.8 Å². The number of benzene rings is 1. The van der Waals surface area contributed by atoms with Gasteiger partial charge in [0.2, 0.25) is 0 Å². The molecule has 0 saturated heterocycles. The largest absolute Gasteiger partial charge is 0.259 e. The van der Waals surface area contributed by atoms with Crippen LogP contribution in [0.1, 0.15) is 12.5 Å². The van der Waals surface area contributed by atoms with Gasteiger partial charge in [-0.1, -0.05) is 39.7 Å². The van der Waals surface area contributed by atoms with Crippen molar-refractivity contribution in [3.8, 4) is 0 Å². The van der Waals surface area contributed by atoms with Gasteiger partial charge in [-0.3, -0.25) is 5.43 Å². The molecule has 1 aromatic carbocycles. The van der Waals surface area contributed by atoms with Crippen LogP contribution in [-0.2, 0) is 0 Å². The quantitative estimate of drug-likeness (QED) is 0.691. The normalized spacial score (nSPS) is 11.4. The molecular weight excluding hydrogens is 316 g/mol. The van der Waals surface area contributed by atoms with E-state index in [9.17, 15) is 0 Å². The minimum absolute atomic E-state index is 0.296. The molecule has 1 aromatic heterocycles. The highest BCUT2D eigenvalue weighted by Crippen LogP contribution is 2.15. The predicted molar refractivity (Wildman–Crippen MR) is 77.0 cm³/mol. The Bertz CT molecular complexity index is 569. The van der Waals surface area contributed by atoms with Crippen molar-refractivity contribution in [2.24, 2.45) is 5.10 Å². The maximum absolute atomic E-state index is 5.86.